The number of hydrogen-bond acceptors (Lipinski definition) is 5. The molecule has 1 fully saturated rings. The zero-order valence-corrected chi connectivity index (χ0v) is 10.7. The molecule has 3 rings (SSSR count). The Balaban J connectivity index is 1.73. The molecule has 0 aliphatic heterocycles. The summed E-state index contributed by atoms with van der Waals surface area (Å²) in [4.78, 5) is 12.6. The van der Waals surface area contributed by atoms with Gasteiger partial charge in [0, 0.05) is 25.0 Å². The van der Waals surface area contributed by atoms with E-state index in [1.165, 1.54) is 18.4 Å². The Labute approximate surface area is 110 Å². The normalized spacial score (nSPS) is 14.7. The Hall–Kier alpha value is -1.46. The molecule has 18 heavy (non-hydrogen) atoms. The van der Waals surface area contributed by atoms with Gasteiger partial charge < -0.3 is 5.32 Å². The molecule has 1 saturated carbocycles. The maximum Gasteiger partial charge on any atom is 0.116 e. The molecule has 1 aliphatic carbocycles. The van der Waals surface area contributed by atoms with E-state index in [0.29, 0.717) is 6.04 Å². The fraction of sp³-hybridized carbons (Fsp3) is 0.308. The van der Waals surface area contributed by atoms with Crippen LogP contribution in [0.5, 0.6) is 0 Å². The Kier molecular flexibility index (Phi) is 3.52. The average molecular weight is 258 g/mol. The molecule has 2 heterocycles. The monoisotopic (exact) mass is 258 g/mol. The van der Waals surface area contributed by atoms with E-state index in [1.54, 1.807) is 24.3 Å². The van der Waals surface area contributed by atoms with Crippen molar-refractivity contribution in [1.29, 1.82) is 0 Å². The van der Waals surface area contributed by atoms with Gasteiger partial charge in [-0.2, -0.15) is 0 Å². The van der Waals surface area contributed by atoms with Crippen molar-refractivity contribution >= 4 is 11.8 Å². The molecule has 0 atom stereocenters. The Morgan fingerprint density at radius 1 is 1.22 bits per heavy atom. The maximum atomic E-state index is 4.43. The zero-order valence-electron chi connectivity index (χ0n) is 9.91. The minimum Gasteiger partial charge on any atom is -0.310 e. The highest BCUT2D eigenvalue weighted by atomic mass is 32.2. The first kappa shape index (κ1) is 11.6. The minimum atomic E-state index is 0.710. The van der Waals surface area contributed by atoms with E-state index in [0.717, 1.165) is 16.6 Å². The topological polar surface area (TPSA) is 50.7 Å². The van der Waals surface area contributed by atoms with Crippen LogP contribution in [0.15, 0.2) is 47.0 Å². The number of nitrogens with one attached hydrogen (secondary N) is 1. The van der Waals surface area contributed by atoms with Crippen molar-refractivity contribution in [2.24, 2.45) is 0 Å². The lowest BCUT2D eigenvalue weighted by atomic mass is 10.3. The molecule has 0 bridgehead atoms. The number of pyridine rings is 1. The summed E-state index contributed by atoms with van der Waals surface area (Å²) in [6, 6.07) is 6.71. The van der Waals surface area contributed by atoms with Gasteiger partial charge in [-0.15, -0.1) is 0 Å². The van der Waals surface area contributed by atoms with Gasteiger partial charge in [-0.1, -0.05) is 6.07 Å². The van der Waals surface area contributed by atoms with Gasteiger partial charge in [-0.05, 0) is 42.3 Å². The van der Waals surface area contributed by atoms with Crippen molar-refractivity contribution in [2.45, 2.75) is 35.5 Å². The zero-order chi connectivity index (χ0) is 12.2. The molecule has 1 aliphatic rings. The van der Waals surface area contributed by atoms with Gasteiger partial charge in [0.2, 0.25) is 0 Å². The third-order valence-corrected chi connectivity index (χ3v) is 3.78. The van der Waals surface area contributed by atoms with Crippen molar-refractivity contribution in [3.05, 3.63) is 42.5 Å². The Morgan fingerprint density at radius 2 is 2.17 bits per heavy atom. The molecule has 0 radical (unpaired) electrons. The fourth-order valence-electron chi connectivity index (χ4n) is 1.63. The van der Waals surface area contributed by atoms with Crippen LogP contribution in [0.4, 0.5) is 0 Å². The first-order valence-electron chi connectivity index (χ1n) is 6.03. The van der Waals surface area contributed by atoms with Crippen LogP contribution in [0, 0.1) is 0 Å². The highest BCUT2D eigenvalue weighted by Crippen LogP contribution is 2.27. The van der Waals surface area contributed by atoms with Crippen LogP contribution in [-0.4, -0.2) is 21.0 Å². The van der Waals surface area contributed by atoms with Crippen LogP contribution >= 0.6 is 11.8 Å². The SMILES string of the molecule is c1cnc(Sc2ccncn2)c(CNC2CC2)c1. The van der Waals surface area contributed by atoms with Crippen LogP contribution in [0.3, 0.4) is 0 Å². The second-order valence-electron chi connectivity index (χ2n) is 4.27. The third-order valence-electron chi connectivity index (χ3n) is 2.76. The number of nitrogens with zero attached hydrogens (tertiary/aromatic N) is 3. The molecule has 0 amide bonds. The molecule has 0 aromatic carbocycles. The van der Waals surface area contributed by atoms with Crippen LogP contribution in [-0.2, 0) is 6.54 Å². The lowest BCUT2D eigenvalue weighted by Gasteiger charge is -2.08. The summed E-state index contributed by atoms with van der Waals surface area (Å²) in [6.07, 6.45) is 7.74. The molecule has 5 heteroatoms. The minimum absolute atomic E-state index is 0.710. The quantitative estimate of drug-likeness (QED) is 0.834. The van der Waals surface area contributed by atoms with E-state index in [2.05, 4.69) is 26.3 Å². The summed E-state index contributed by atoms with van der Waals surface area (Å²) in [5.74, 6) is 0. The van der Waals surface area contributed by atoms with Crippen LogP contribution < -0.4 is 5.32 Å². The molecular weight excluding hydrogens is 244 g/mol. The summed E-state index contributed by atoms with van der Waals surface area (Å²) < 4.78 is 0. The van der Waals surface area contributed by atoms with E-state index in [-0.39, 0.29) is 0 Å². The standard InChI is InChI=1S/C13H14N4S/c1-2-10(8-16-11-3-4-11)13(15-6-1)18-12-5-7-14-9-17-12/h1-2,5-7,9,11,16H,3-4,8H2. The smallest absolute Gasteiger partial charge is 0.116 e. The molecule has 92 valence electrons. The van der Waals surface area contributed by atoms with E-state index < -0.39 is 0 Å². The van der Waals surface area contributed by atoms with Crippen LogP contribution in [0.2, 0.25) is 0 Å². The van der Waals surface area contributed by atoms with Crippen molar-refractivity contribution in [3.63, 3.8) is 0 Å². The first-order chi connectivity index (χ1) is 8.92. The third kappa shape index (κ3) is 3.05. The largest absolute Gasteiger partial charge is 0.310 e. The van der Waals surface area contributed by atoms with Crippen LogP contribution in [0.25, 0.3) is 0 Å². The number of rotatable bonds is 5. The summed E-state index contributed by atoms with van der Waals surface area (Å²) in [7, 11) is 0. The number of aromatic nitrogens is 3. The summed E-state index contributed by atoms with van der Waals surface area (Å²) in [6.45, 7) is 0.881. The van der Waals surface area contributed by atoms with Gasteiger partial charge in [0.1, 0.15) is 16.4 Å². The van der Waals surface area contributed by atoms with E-state index in [9.17, 15) is 0 Å². The van der Waals surface area contributed by atoms with Gasteiger partial charge >= 0.3 is 0 Å². The van der Waals surface area contributed by atoms with E-state index >= 15 is 0 Å². The van der Waals surface area contributed by atoms with Crippen molar-refractivity contribution in [3.8, 4) is 0 Å². The fourth-order valence-corrected chi connectivity index (χ4v) is 2.44. The van der Waals surface area contributed by atoms with E-state index in [4.69, 9.17) is 0 Å². The van der Waals surface area contributed by atoms with E-state index in [1.807, 2.05) is 18.3 Å². The predicted octanol–water partition coefficient (Wildman–Crippen LogP) is 2.27. The molecule has 1 N–H and O–H groups in total. The van der Waals surface area contributed by atoms with Gasteiger partial charge in [0.25, 0.3) is 0 Å². The van der Waals surface area contributed by atoms with Crippen molar-refractivity contribution in [2.75, 3.05) is 0 Å². The lowest BCUT2D eigenvalue weighted by molar-refractivity contribution is 0.675. The van der Waals surface area contributed by atoms with Gasteiger partial charge in [0.15, 0.2) is 0 Å². The highest BCUT2D eigenvalue weighted by molar-refractivity contribution is 7.99. The summed E-state index contributed by atoms with van der Waals surface area (Å²) in [5.41, 5.74) is 1.23. The number of hydrogen-bond donors (Lipinski definition) is 1. The Morgan fingerprint density at radius 3 is 2.94 bits per heavy atom. The molecule has 0 spiro atoms. The summed E-state index contributed by atoms with van der Waals surface area (Å²) in [5, 5.41) is 5.46. The first-order valence-corrected chi connectivity index (χ1v) is 6.84. The molecule has 2 aromatic rings. The highest BCUT2D eigenvalue weighted by Gasteiger charge is 2.20. The van der Waals surface area contributed by atoms with Gasteiger partial charge in [0.05, 0.1) is 0 Å². The second kappa shape index (κ2) is 5.46. The molecule has 0 unspecified atom stereocenters. The molecule has 4 nitrogen and oxygen atoms in total. The van der Waals surface area contributed by atoms with Gasteiger partial charge in [-0.25, -0.2) is 15.0 Å². The maximum absolute atomic E-state index is 4.43. The van der Waals surface area contributed by atoms with Crippen molar-refractivity contribution in [1.82, 2.24) is 20.3 Å². The van der Waals surface area contributed by atoms with Gasteiger partial charge in [-0.3, -0.25) is 0 Å². The predicted molar refractivity (Wildman–Crippen MR) is 70.3 cm³/mol. The average Bonchev–Trinajstić information content (AvgIpc) is 3.23. The van der Waals surface area contributed by atoms with Crippen LogP contribution in [0.1, 0.15) is 18.4 Å². The van der Waals surface area contributed by atoms with Crippen molar-refractivity contribution < 1.29 is 0 Å². The molecular formula is C13H14N4S. The second-order valence-corrected chi connectivity index (χ2v) is 5.28. The molecule has 0 saturated heterocycles. The lowest BCUT2D eigenvalue weighted by Crippen LogP contribution is -2.16. The Bertz CT molecular complexity index is 513. The summed E-state index contributed by atoms with van der Waals surface area (Å²) >= 11 is 1.58. The molecule has 2 aromatic heterocycles.